The average molecular weight is 503 g/mol. The number of aromatic amines is 1. The molecule has 6 atom stereocenters. The Morgan fingerprint density at radius 3 is 2.19 bits per heavy atom. The van der Waals surface area contributed by atoms with Crippen LogP contribution in [0.25, 0.3) is 16.9 Å². The first kappa shape index (κ1) is 23.1. The first-order chi connectivity index (χ1) is 18.0. The summed E-state index contributed by atoms with van der Waals surface area (Å²) in [6, 6.07) is 9.32. The molecular formula is C28H34N6O3. The molecule has 9 heteroatoms. The van der Waals surface area contributed by atoms with E-state index >= 15 is 0 Å². The van der Waals surface area contributed by atoms with Crippen LogP contribution in [0, 0.1) is 11.8 Å². The van der Waals surface area contributed by atoms with Crippen molar-refractivity contribution in [2.75, 3.05) is 0 Å². The molecule has 4 bridgehead atoms. The molecule has 2 aliphatic heterocycles. The molecule has 2 aromatic heterocycles. The fourth-order valence-electron chi connectivity index (χ4n) is 8.25. The first-order valence-electron chi connectivity index (χ1n) is 14.0. The lowest BCUT2D eigenvalue weighted by molar-refractivity contribution is 0.0204. The number of fused-ring (bicyclic) bond motifs is 5. The zero-order valence-electron chi connectivity index (χ0n) is 21.1. The predicted octanol–water partition coefficient (Wildman–Crippen LogP) is 3.16. The highest BCUT2D eigenvalue weighted by atomic mass is 16.2. The van der Waals surface area contributed by atoms with Crippen molar-refractivity contribution in [2.45, 2.75) is 94.8 Å². The van der Waals surface area contributed by atoms with E-state index in [4.69, 9.17) is 0 Å². The van der Waals surface area contributed by atoms with Gasteiger partial charge in [0.15, 0.2) is 0 Å². The van der Waals surface area contributed by atoms with Gasteiger partial charge in [-0.1, -0.05) is 37.8 Å². The quantitative estimate of drug-likeness (QED) is 0.590. The van der Waals surface area contributed by atoms with E-state index in [-0.39, 0.29) is 17.4 Å². The second kappa shape index (κ2) is 9.04. The lowest BCUT2D eigenvalue weighted by Gasteiger charge is -2.48. The zero-order chi connectivity index (χ0) is 25.1. The second-order valence-electron chi connectivity index (χ2n) is 11.8. The molecule has 9 nitrogen and oxygen atoms in total. The van der Waals surface area contributed by atoms with Gasteiger partial charge < -0.3 is 4.57 Å². The van der Waals surface area contributed by atoms with Crippen LogP contribution in [-0.4, -0.2) is 47.3 Å². The average Bonchev–Trinajstić information content (AvgIpc) is 3.04. The number of para-hydroxylation sites is 2. The van der Waals surface area contributed by atoms with E-state index < -0.39 is 11.2 Å². The third-order valence-electron chi connectivity index (χ3n) is 9.60. The predicted molar refractivity (Wildman–Crippen MR) is 140 cm³/mol. The van der Waals surface area contributed by atoms with Gasteiger partial charge in [-0.2, -0.15) is 9.78 Å². The number of piperidine rings is 1. The summed E-state index contributed by atoms with van der Waals surface area (Å²) in [5.41, 5.74) is -0.262. The fourth-order valence-corrected chi connectivity index (χ4v) is 8.25. The van der Waals surface area contributed by atoms with Gasteiger partial charge in [-0.3, -0.25) is 19.5 Å². The lowest BCUT2D eigenvalue weighted by Crippen LogP contribution is -2.52. The van der Waals surface area contributed by atoms with Crippen molar-refractivity contribution in [2.24, 2.45) is 11.8 Å². The Balaban J connectivity index is 1.25. The number of hydrogen-bond donors (Lipinski definition) is 1. The molecule has 37 heavy (non-hydrogen) atoms. The minimum Gasteiger partial charge on any atom is -0.300 e. The standard InChI is InChI=1S/C28H34N6O3/c35-25-16-29-34(28(37)31-25)26-27(36)33(24-8-4-3-7-23(24)30-26)22-14-19-9-10-20(15-22)32(19)21-12-17-5-1-2-6-18(11-17)13-21/h3-4,7-8,16-22H,1-2,5-6,9-15H2,(H,31,35,37)/t17-,18+,19-,20+,21?,22-. The molecule has 0 radical (unpaired) electrons. The number of nitrogens with one attached hydrogen (secondary N) is 1. The summed E-state index contributed by atoms with van der Waals surface area (Å²) in [5.74, 6) is 1.72. The summed E-state index contributed by atoms with van der Waals surface area (Å²) in [5, 5.41) is 3.93. The van der Waals surface area contributed by atoms with Gasteiger partial charge in [-0.15, -0.1) is 0 Å². The van der Waals surface area contributed by atoms with Crippen LogP contribution < -0.4 is 16.8 Å². The number of hydrogen-bond acceptors (Lipinski definition) is 6. The topological polar surface area (TPSA) is 106 Å². The normalized spacial score (nSPS) is 31.9. The van der Waals surface area contributed by atoms with Crippen LogP contribution in [0.3, 0.4) is 0 Å². The molecule has 4 aliphatic rings. The molecule has 2 saturated carbocycles. The molecule has 0 amide bonds. The minimum absolute atomic E-state index is 0.0391. The SMILES string of the molecule is O=c1cnn(-c2nc3ccccc3n([C@@H]3C[C@H]4CC[C@@H](C3)N4C3C[C@H]4CCCC[C@@H](C3)C4)c2=O)c(=O)[nH]1. The first-order valence-corrected chi connectivity index (χ1v) is 14.0. The summed E-state index contributed by atoms with van der Waals surface area (Å²) < 4.78 is 2.78. The van der Waals surface area contributed by atoms with Crippen molar-refractivity contribution >= 4 is 11.0 Å². The number of benzene rings is 1. The van der Waals surface area contributed by atoms with Crippen molar-refractivity contribution in [3.63, 3.8) is 0 Å². The molecule has 1 N–H and O–H groups in total. The van der Waals surface area contributed by atoms with E-state index in [1.54, 1.807) is 0 Å². The van der Waals surface area contributed by atoms with Gasteiger partial charge in [0.1, 0.15) is 6.20 Å². The molecule has 2 aliphatic carbocycles. The molecule has 1 unspecified atom stereocenters. The Morgan fingerprint density at radius 2 is 1.49 bits per heavy atom. The van der Waals surface area contributed by atoms with Crippen molar-refractivity contribution in [3.8, 4) is 5.82 Å². The Morgan fingerprint density at radius 1 is 0.784 bits per heavy atom. The van der Waals surface area contributed by atoms with Gasteiger partial charge in [0, 0.05) is 24.2 Å². The zero-order valence-corrected chi connectivity index (χ0v) is 21.1. The molecule has 7 rings (SSSR count). The van der Waals surface area contributed by atoms with E-state index in [2.05, 4.69) is 20.0 Å². The summed E-state index contributed by atoms with van der Waals surface area (Å²) in [7, 11) is 0. The van der Waals surface area contributed by atoms with Crippen molar-refractivity contribution in [3.05, 3.63) is 61.7 Å². The van der Waals surface area contributed by atoms with Gasteiger partial charge in [0.25, 0.3) is 11.1 Å². The lowest BCUT2D eigenvalue weighted by atomic mass is 9.76. The second-order valence-corrected chi connectivity index (χ2v) is 11.8. The van der Waals surface area contributed by atoms with Gasteiger partial charge in [0.05, 0.1) is 11.0 Å². The van der Waals surface area contributed by atoms with Crippen LogP contribution in [-0.2, 0) is 0 Å². The Hall–Kier alpha value is -3.07. The Kier molecular flexibility index (Phi) is 5.64. The third kappa shape index (κ3) is 3.98. The van der Waals surface area contributed by atoms with Crippen LogP contribution in [0.5, 0.6) is 0 Å². The fraction of sp³-hybridized carbons (Fsp3) is 0.607. The molecule has 3 aromatic rings. The van der Waals surface area contributed by atoms with Crippen LogP contribution in [0.15, 0.2) is 44.8 Å². The molecule has 4 fully saturated rings. The maximum Gasteiger partial charge on any atom is 0.351 e. The number of H-pyrrole nitrogens is 1. The highest BCUT2D eigenvalue weighted by molar-refractivity contribution is 5.75. The Bertz CT molecular complexity index is 1480. The molecular weight excluding hydrogens is 468 g/mol. The molecule has 0 spiro atoms. The van der Waals surface area contributed by atoms with E-state index in [1.165, 1.54) is 57.8 Å². The summed E-state index contributed by atoms with van der Waals surface area (Å²) in [4.78, 5) is 47.5. The highest BCUT2D eigenvalue weighted by Crippen LogP contribution is 2.47. The molecule has 2 saturated heterocycles. The largest absolute Gasteiger partial charge is 0.351 e. The van der Waals surface area contributed by atoms with E-state index in [0.29, 0.717) is 23.6 Å². The van der Waals surface area contributed by atoms with Crippen molar-refractivity contribution < 1.29 is 0 Å². The molecule has 194 valence electrons. The summed E-state index contributed by atoms with van der Waals surface area (Å²) in [6.07, 6.45) is 15.0. The maximum atomic E-state index is 13.9. The number of rotatable bonds is 3. The van der Waals surface area contributed by atoms with Crippen LogP contribution in [0.4, 0.5) is 0 Å². The van der Waals surface area contributed by atoms with Gasteiger partial charge >= 0.3 is 5.69 Å². The maximum absolute atomic E-state index is 13.9. The number of nitrogens with zero attached hydrogens (tertiary/aromatic N) is 5. The third-order valence-corrected chi connectivity index (χ3v) is 9.60. The van der Waals surface area contributed by atoms with Gasteiger partial charge in [0.2, 0.25) is 5.82 Å². The van der Waals surface area contributed by atoms with Gasteiger partial charge in [-0.05, 0) is 68.9 Å². The van der Waals surface area contributed by atoms with Crippen molar-refractivity contribution in [1.82, 2.24) is 29.2 Å². The van der Waals surface area contributed by atoms with Gasteiger partial charge in [-0.25, -0.2) is 9.78 Å². The van der Waals surface area contributed by atoms with Crippen LogP contribution >= 0.6 is 0 Å². The van der Waals surface area contributed by atoms with E-state index in [1.807, 2.05) is 28.8 Å². The van der Waals surface area contributed by atoms with E-state index in [9.17, 15) is 14.4 Å². The Labute approximate surface area is 214 Å². The van der Waals surface area contributed by atoms with E-state index in [0.717, 1.165) is 41.1 Å². The monoisotopic (exact) mass is 502 g/mol. The highest BCUT2D eigenvalue weighted by Gasteiger charge is 2.47. The number of aromatic nitrogens is 5. The smallest absolute Gasteiger partial charge is 0.300 e. The van der Waals surface area contributed by atoms with Crippen molar-refractivity contribution in [1.29, 1.82) is 0 Å². The van der Waals surface area contributed by atoms with Crippen LogP contribution in [0.1, 0.15) is 76.7 Å². The van der Waals surface area contributed by atoms with Crippen LogP contribution in [0.2, 0.25) is 0 Å². The molecule has 1 aromatic carbocycles. The minimum atomic E-state index is -0.757. The summed E-state index contributed by atoms with van der Waals surface area (Å²) in [6.45, 7) is 0. The summed E-state index contributed by atoms with van der Waals surface area (Å²) >= 11 is 0. The molecule has 4 heterocycles.